The highest BCUT2D eigenvalue weighted by atomic mass is 15.2. The van der Waals surface area contributed by atoms with E-state index in [4.69, 9.17) is 0 Å². The largest absolute Gasteiger partial charge is 0.312 e. The van der Waals surface area contributed by atoms with Crippen LogP contribution in [0.25, 0.3) is 0 Å². The van der Waals surface area contributed by atoms with Crippen LogP contribution in [0.2, 0.25) is 0 Å². The van der Waals surface area contributed by atoms with E-state index in [-0.39, 0.29) is 0 Å². The van der Waals surface area contributed by atoms with Crippen LogP contribution in [0, 0.1) is 5.92 Å². The summed E-state index contributed by atoms with van der Waals surface area (Å²) in [6.07, 6.45) is 7.05. The van der Waals surface area contributed by atoms with Gasteiger partial charge >= 0.3 is 0 Å². The third-order valence-electron chi connectivity index (χ3n) is 3.50. The van der Waals surface area contributed by atoms with Gasteiger partial charge in [0.05, 0.1) is 0 Å². The quantitative estimate of drug-likeness (QED) is 0.697. The third kappa shape index (κ3) is 2.96. The third-order valence-corrected chi connectivity index (χ3v) is 3.50. The van der Waals surface area contributed by atoms with Crippen LogP contribution in [0.1, 0.15) is 39.0 Å². The lowest BCUT2D eigenvalue weighted by atomic mass is 10.1. The fourth-order valence-electron chi connectivity index (χ4n) is 2.45. The Morgan fingerprint density at radius 3 is 2.57 bits per heavy atom. The second-order valence-electron chi connectivity index (χ2n) is 4.91. The lowest BCUT2D eigenvalue weighted by Gasteiger charge is -2.24. The minimum atomic E-state index is 0.799. The molecular formula is C12H24N2. The first-order chi connectivity index (χ1) is 6.90. The van der Waals surface area contributed by atoms with Crippen molar-refractivity contribution in [3.8, 4) is 0 Å². The number of rotatable bonds is 6. The second kappa shape index (κ2) is 5.13. The lowest BCUT2D eigenvalue weighted by molar-refractivity contribution is 0.275. The van der Waals surface area contributed by atoms with Gasteiger partial charge in [-0.3, -0.25) is 0 Å². The molecule has 0 aromatic heterocycles. The fraction of sp³-hybridized carbons (Fsp3) is 1.00. The Kier molecular flexibility index (Phi) is 3.82. The van der Waals surface area contributed by atoms with Gasteiger partial charge in [0, 0.05) is 12.6 Å². The molecule has 1 unspecified atom stereocenters. The summed E-state index contributed by atoms with van der Waals surface area (Å²) in [7, 11) is 0. The van der Waals surface area contributed by atoms with Gasteiger partial charge in [-0.25, -0.2) is 0 Å². The standard InChI is InChI=1S/C12H24N2/c1-2-7-13-12(11-5-6-11)10-14-8-3-4-9-14/h11-13H,2-10H2,1H3. The van der Waals surface area contributed by atoms with Crippen molar-refractivity contribution in [3.63, 3.8) is 0 Å². The monoisotopic (exact) mass is 196 g/mol. The van der Waals surface area contributed by atoms with Crippen LogP contribution in [-0.2, 0) is 0 Å². The maximum atomic E-state index is 3.72. The molecule has 0 aromatic rings. The summed E-state index contributed by atoms with van der Waals surface area (Å²) in [5.41, 5.74) is 0. The highest BCUT2D eigenvalue weighted by molar-refractivity contribution is 4.89. The van der Waals surface area contributed by atoms with Crippen molar-refractivity contribution in [1.82, 2.24) is 10.2 Å². The Balaban J connectivity index is 1.71. The highest BCUT2D eigenvalue weighted by Crippen LogP contribution is 2.33. The maximum absolute atomic E-state index is 3.72. The van der Waals surface area contributed by atoms with E-state index in [1.807, 2.05) is 0 Å². The Morgan fingerprint density at radius 1 is 1.29 bits per heavy atom. The molecule has 1 heterocycles. The molecule has 1 saturated heterocycles. The first-order valence-electron chi connectivity index (χ1n) is 6.36. The molecule has 2 aliphatic rings. The van der Waals surface area contributed by atoms with E-state index in [0.29, 0.717) is 0 Å². The fourth-order valence-corrected chi connectivity index (χ4v) is 2.45. The summed E-state index contributed by atoms with van der Waals surface area (Å²) in [5.74, 6) is 1.00. The Labute approximate surface area is 88.1 Å². The minimum Gasteiger partial charge on any atom is -0.312 e. The number of nitrogens with one attached hydrogen (secondary N) is 1. The first kappa shape index (κ1) is 10.4. The second-order valence-corrected chi connectivity index (χ2v) is 4.91. The maximum Gasteiger partial charge on any atom is 0.0223 e. The van der Waals surface area contributed by atoms with Gasteiger partial charge in [-0.1, -0.05) is 6.92 Å². The van der Waals surface area contributed by atoms with Crippen molar-refractivity contribution < 1.29 is 0 Å². The zero-order chi connectivity index (χ0) is 9.80. The minimum absolute atomic E-state index is 0.799. The van der Waals surface area contributed by atoms with Gasteiger partial charge in [0.15, 0.2) is 0 Å². The van der Waals surface area contributed by atoms with E-state index in [1.165, 1.54) is 58.3 Å². The van der Waals surface area contributed by atoms with Crippen molar-refractivity contribution in [1.29, 1.82) is 0 Å². The van der Waals surface area contributed by atoms with Crippen molar-refractivity contribution in [3.05, 3.63) is 0 Å². The Bertz CT molecular complexity index is 160. The average molecular weight is 196 g/mol. The number of hydrogen-bond donors (Lipinski definition) is 1. The van der Waals surface area contributed by atoms with Gasteiger partial charge in [0.1, 0.15) is 0 Å². The molecule has 1 N–H and O–H groups in total. The molecule has 2 fully saturated rings. The van der Waals surface area contributed by atoms with Gasteiger partial charge in [-0.05, 0) is 57.7 Å². The Morgan fingerprint density at radius 2 is 2.00 bits per heavy atom. The van der Waals surface area contributed by atoms with Crippen LogP contribution in [0.4, 0.5) is 0 Å². The molecular weight excluding hydrogens is 172 g/mol. The molecule has 2 heteroatoms. The van der Waals surface area contributed by atoms with Crippen LogP contribution in [0.3, 0.4) is 0 Å². The van der Waals surface area contributed by atoms with E-state index in [1.54, 1.807) is 0 Å². The van der Waals surface area contributed by atoms with E-state index in [0.717, 1.165) is 12.0 Å². The average Bonchev–Trinajstić information content (AvgIpc) is 2.92. The molecule has 2 nitrogen and oxygen atoms in total. The zero-order valence-corrected chi connectivity index (χ0v) is 9.47. The molecule has 0 radical (unpaired) electrons. The van der Waals surface area contributed by atoms with Crippen LogP contribution in [0.15, 0.2) is 0 Å². The number of likely N-dealkylation sites (tertiary alicyclic amines) is 1. The van der Waals surface area contributed by atoms with Gasteiger partial charge in [-0.2, -0.15) is 0 Å². The van der Waals surface area contributed by atoms with Crippen LogP contribution in [-0.4, -0.2) is 37.1 Å². The van der Waals surface area contributed by atoms with Crippen LogP contribution < -0.4 is 5.32 Å². The smallest absolute Gasteiger partial charge is 0.0223 e. The van der Waals surface area contributed by atoms with Crippen molar-refractivity contribution >= 4 is 0 Å². The molecule has 1 aliphatic heterocycles. The van der Waals surface area contributed by atoms with Crippen LogP contribution >= 0.6 is 0 Å². The molecule has 1 aliphatic carbocycles. The van der Waals surface area contributed by atoms with Crippen molar-refractivity contribution in [2.24, 2.45) is 5.92 Å². The van der Waals surface area contributed by atoms with E-state index >= 15 is 0 Å². The summed E-state index contributed by atoms with van der Waals surface area (Å²) >= 11 is 0. The zero-order valence-electron chi connectivity index (χ0n) is 9.47. The molecule has 82 valence electrons. The van der Waals surface area contributed by atoms with Gasteiger partial charge in [0.25, 0.3) is 0 Å². The topological polar surface area (TPSA) is 15.3 Å². The summed E-state index contributed by atoms with van der Waals surface area (Å²) in [5, 5.41) is 3.72. The van der Waals surface area contributed by atoms with Gasteiger partial charge in [0.2, 0.25) is 0 Å². The summed E-state index contributed by atoms with van der Waals surface area (Å²) in [4.78, 5) is 2.64. The summed E-state index contributed by atoms with van der Waals surface area (Å²) in [6, 6.07) is 0.799. The predicted molar refractivity (Wildman–Crippen MR) is 60.5 cm³/mol. The van der Waals surface area contributed by atoms with E-state index in [9.17, 15) is 0 Å². The van der Waals surface area contributed by atoms with Gasteiger partial charge in [-0.15, -0.1) is 0 Å². The Hall–Kier alpha value is -0.0800. The van der Waals surface area contributed by atoms with E-state index < -0.39 is 0 Å². The molecule has 14 heavy (non-hydrogen) atoms. The number of nitrogens with zero attached hydrogens (tertiary/aromatic N) is 1. The SMILES string of the molecule is CCCNC(CN1CCCC1)C1CC1. The normalized spacial score (nSPS) is 25.5. The molecule has 0 spiro atoms. The summed E-state index contributed by atoms with van der Waals surface area (Å²) in [6.45, 7) is 7.46. The van der Waals surface area contributed by atoms with Crippen molar-refractivity contribution in [2.45, 2.75) is 45.1 Å². The number of hydrogen-bond acceptors (Lipinski definition) is 2. The lowest BCUT2D eigenvalue weighted by Crippen LogP contribution is -2.41. The van der Waals surface area contributed by atoms with Gasteiger partial charge < -0.3 is 10.2 Å². The summed E-state index contributed by atoms with van der Waals surface area (Å²) < 4.78 is 0. The molecule has 1 atom stereocenters. The molecule has 0 bridgehead atoms. The first-order valence-corrected chi connectivity index (χ1v) is 6.36. The molecule has 1 saturated carbocycles. The molecule has 0 amide bonds. The van der Waals surface area contributed by atoms with Crippen molar-refractivity contribution in [2.75, 3.05) is 26.2 Å². The van der Waals surface area contributed by atoms with E-state index in [2.05, 4.69) is 17.1 Å². The van der Waals surface area contributed by atoms with Crippen LogP contribution in [0.5, 0.6) is 0 Å². The molecule has 2 rings (SSSR count). The highest BCUT2D eigenvalue weighted by Gasteiger charge is 2.32. The predicted octanol–water partition coefficient (Wildman–Crippen LogP) is 1.86. The molecule has 0 aromatic carbocycles.